The first kappa shape index (κ1) is 21.4. The quantitative estimate of drug-likeness (QED) is 0.636. The van der Waals surface area contributed by atoms with Crippen molar-refractivity contribution in [1.29, 1.82) is 0 Å². The molecule has 4 rings (SSSR count). The summed E-state index contributed by atoms with van der Waals surface area (Å²) < 4.78 is 23.7. The summed E-state index contributed by atoms with van der Waals surface area (Å²) in [6.07, 6.45) is -0.676. The molecule has 2 heterocycles. The number of ether oxygens (including phenoxy) is 2. The first-order chi connectivity index (χ1) is 15.4. The van der Waals surface area contributed by atoms with Gasteiger partial charge in [-0.25, -0.2) is 4.39 Å². The van der Waals surface area contributed by atoms with Crippen LogP contribution in [0.15, 0.2) is 42.5 Å². The Labute approximate surface area is 183 Å². The van der Waals surface area contributed by atoms with Gasteiger partial charge in [0.1, 0.15) is 23.9 Å². The Balaban J connectivity index is 1.49. The lowest BCUT2D eigenvalue weighted by Crippen LogP contribution is -2.68. The number of hydrogen-bond acceptors (Lipinski definition) is 7. The Morgan fingerprint density at radius 3 is 2.47 bits per heavy atom. The van der Waals surface area contributed by atoms with E-state index in [0.29, 0.717) is 36.0 Å². The van der Waals surface area contributed by atoms with E-state index in [9.17, 15) is 18.8 Å². The van der Waals surface area contributed by atoms with E-state index in [0.717, 1.165) is 5.01 Å². The number of rotatable bonds is 6. The van der Waals surface area contributed by atoms with Crippen LogP contribution in [0.1, 0.15) is 0 Å². The molecule has 1 atom stereocenters. The minimum Gasteiger partial charge on any atom is -0.497 e. The second-order valence-corrected chi connectivity index (χ2v) is 7.18. The lowest BCUT2D eigenvalue weighted by Gasteiger charge is -2.40. The Morgan fingerprint density at radius 1 is 1.06 bits per heavy atom. The van der Waals surface area contributed by atoms with Gasteiger partial charge in [0.05, 0.1) is 19.9 Å². The van der Waals surface area contributed by atoms with Crippen LogP contribution >= 0.6 is 0 Å². The zero-order valence-electron chi connectivity index (χ0n) is 17.5. The van der Waals surface area contributed by atoms with E-state index in [1.165, 1.54) is 31.3 Å². The topological polar surface area (TPSA) is 103 Å². The van der Waals surface area contributed by atoms with E-state index in [4.69, 9.17) is 9.47 Å². The number of carbonyl (C=O) groups excluding carboxylic acids is 3. The summed E-state index contributed by atoms with van der Waals surface area (Å²) in [5.74, 6) is -1.54. The third-order valence-electron chi connectivity index (χ3n) is 5.27. The van der Waals surface area contributed by atoms with Crippen molar-refractivity contribution in [3.8, 4) is 11.5 Å². The summed E-state index contributed by atoms with van der Waals surface area (Å²) in [5.41, 5.74) is 3.97. The first-order valence-corrected chi connectivity index (χ1v) is 9.84. The Hall–Kier alpha value is -3.86. The molecule has 2 saturated heterocycles. The second kappa shape index (κ2) is 8.71. The number of hydrogen-bond donors (Lipinski definition) is 2. The van der Waals surface area contributed by atoms with Crippen molar-refractivity contribution < 1.29 is 28.2 Å². The summed E-state index contributed by atoms with van der Waals surface area (Å²) in [5, 5.41) is 3.65. The number of amides is 3. The molecule has 11 heteroatoms. The van der Waals surface area contributed by atoms with E-state index in [-0.39, 0.29) is 5.82 Å². The van der Waals surface area contributed by atoms with Crippen LogP contribution in [-0.2, 0) is 14.4 Å². The Bertz CT molecular complexity index is 1050. The average Bonchev–Trinajstić information content (AvgIpc) is 3.21. The summed E-state index contributed by atoms with van der Waals surface area (Å²) >= 11 is 0. The number of halogens is 1. The molecule has 10 nitrogen and oxygen atoms in total. The molecule has 3 amide bonds. The minimum atomic E-state index is -0.838. The van der Waals surface area contributed by atoms with Crippen molar-refractivity contribution in [3.63, 3.8) is 0 Å². The molecule has 168 valence electrons. The van der Waals surface area contributed by atoms with Crippen LogP contribution in [0.25, 0.3) is 0 Å². The average molecular weight is 443 g/mol. The predicted octanol–water partition coefficient (Wildman–Crippen LogP) is 0.761. The Kier molecular flexibility index (Phi) is 5.82. The highest BCUT2D eigenvalue weighted by Gasteiger charge is 2.45. The molecule has 2 fully saturated rings. The molecule has 0 radical (unpaired) electrons. The highest BCUT2D eigenvalue weighted by molar-refractivity contribution is 6.35. The van der Waals surface area contributed by atoms with Crippen LogP contribution in [0, 0.1) is 5.82 Å². The van der Waals surface area contributed by atoms with Crippen LogP contribution in [0.4, 0.5) is 15.8 Å². The van der Waals surface area contributed by atoms with Gasteiger partial charge in [0.2, 0.25) is 5.91 Å². The lowest BCUT2D eigenvalue weighted by atomic mass is 10.2. The number of methoxy groups -OCH3 is 2. The van der Waals surface area contributed by atoms with E-state index in [1.54, 1.807) is 30.3 Å². The maximum absolute atomic E-state index is 13.3. The van der Waals surface area contributed by atoms with Gasteiger partial charge in [-0.15, -0.1) is 0 Å². The molecule has 0 bridgehead atoms. The zero-order chi connectivity index (χ0) is 22.8. The monoisotopic (exact) mass is 443 g/mol. The molecule has 32 heavy (non-hydrogen) atoms. The maximum atomic E-state index is 13.3. The van der Waals surface area contributed by atoms with Gasteiger partial charge in [0, 0.05) is 24.8 Å². The van der Waals surface area contributed by atoms with Crippen molar-refractivity contribution in [2.75, 3.05) is 44.1 Å². The highest BCUT2D eigenvalue weighted by atomic mass is 19.1. The van der Waals surface area contributed by atoms with Crippen molar-refractivity contribution in [3.05, 3.63) is 48.3 Å². The molecule has 0 spiro atoms. The molecule has 2 aromatic rings. The number of nitrogens with zero attached hydrogens (tertiary/aromatic N) is 3. The van der Waals surface area contributed by atoms with Gasteiger partial charge in [0.25, 0.3) is 0 Å². The van der Waals surface area contributed by atoms with Crippen LogP contribution in [0.2, 0.25) is 0 Å². The fourth-order valence-corrected chi connectivity index (χ4v) is 3.68. The third-order valence-corrected chi connectivity index (χ3v) is 5.27. The minimum absolute atomic E-state index is 0.320. The SMILES string of the molecule is COc1ccc(OC)c(NC(=O)CN2NC3N(CCN3c3ccc(F)cc3)C(=O)C2=O)c1. The molecule has 2 N–H and O–H groups in total. The number of carbonyl (C=O) groups is 3. The van der Waals surface area contributed by atoms with Crippen molar-refractivity contribution in [2.45, 2.75) is 6.29 Å². The second-order valence-electron chi connectivity index (χ2n) is 7.18. The number of benzene rings is 2. The van der Waals surface area contributed by atoms with E-state index in [1.807, 2.05) is 4.90 Å². The van der Waals surface area contributed by atoms with Gasteiger partial charge in [-0.05, 0) is 36.4 Å². The van der Waals surface area contributed by atoms with Gasteiger partial charge in [-0.1, -0.05) is 0 Å². The highest BCUT2D eigenvalue weighted by Crippen LogP contribution is 2.29. The largest absolute Gasteiger partial charge is 0.497 e. The molecule has 0 saturated carbocycles. The molecule has 1 unspecified atom stereocenters. The number of fused-ring (bicyclic) bond motifs is 1. The van der Waals surface area contributed by atoms with Crippen LogP contribution in [-0.4, -0.2) is 67.8 Å². The fraction of sp³-hybridized carbons (Fsp3) is 0.286. The lowest BCUT2D eigenvalue weighted by molar-refractivity contribution is -0.163. The molecular weight excluding hydrogens is 421 g/mol. The van der Waals surface area contributed by atoms with Crippen LogP contribution in [0.3, 0.4) is 0 Å². The first-order valence-electron chi connectivity index (χ1n) is 9.84. The normalized spacial score (nSPS) is 18.0. The van der Waals surface area contributed by atoms with E-state index in [2.05, 4.69) is 10.7 Å². The molecule has 0 aliphatic carbocycles. The molecule has 2 aromatic carbocycles. The summed E-state index contributed by atoms with van der Waals surface area (Å²) in [6, 6.07) is 10.7. The standard InChI is InChI=1S/C21H22FN5O5/c1-31-15-7-8-17(32-2)16(11-15)23-18(28)12-27-20(30)19(29)26-10-9-25(21(26)24-27)14-5-3-13(22)4-6-14/h3-8,11,21,24H,9-10,12H2,1-2H3,(H,23,28). The summed E-state index contributed by atoms with van der Waals surface area (Å²) in [6.45, 7) is 0.358. The fourth-order valence-electron chi connectivity index (χ4n) is 3.68. The molecule has 2 aliphatic rings. The molecule has 0 aromatic heterocycles. The summed E-state index contributed by atoms with van der Waals surface area (Å²) in [4.78, 5) is 41.0. The zero-order valence-corrected chi connectivity index (χ0v) is 17.5. The van der Waals surface area contributed by atoms with E-state index < -0.39 is 30.6 Å². The third kappa shape index (κ3) is 4.02. The van der Waals surface area contributed by atoms with E-state index >= 15 is 0 Å². The van der Waals surface area contributed by atoms with Gasteiger partial charge in [0.15, 0.2) is 6.29 Å². The number of anilines is 2. The molecule has 2 aliphatic heterocycles. The van der Waals surface area contributed by atoms with Crippen molar-refractivity contribution in [2.24, 2.45) is 0 Å². The van der Waals surface area contributed by atoms with Gasteiger partial charge >= 0.3 is 11.8 Å². The van der Waals surface area contributed by atoms with Gasteiger partial charge < -0.3 is 19.7 Å². The summed E-state index contributed by atoms with van der Waals surface area (Å²) in [7, 11) is 2.96. The number of nitrogens with one attached hydrogen (secondary N) is 2. The molecular formula is C21H22FN5O5. The van der Waals surface area contributed by atoms with Crippen LogP contribution < -0.4 is 25.1 Å². The Morgan fingerprint density at radius 2 is 1.78 bits per heavy atom. The van der Waals surface area contributed by atoms with Crippen molar-refractivity contribution >= 4 is 29.1 Å². The maximum Gasteiger partial charge on any atom is 0.326 e. The smallest absolute Gasteiger partial charge is 0.326 e. The predicted molar refractivity (Wildman–Crippen MR) is 112 cm³/mol. The van der Waals surface area contributed by atoms with Crippen LogP contribution in [0.5, 0.6) is 11.5 Å². The van der Waals surface area contributed by atoms with Gasteiger partial charge in [-0.2, -0.15) is 5.43 Å². The number of hydrazine groups is 1. The van der Waals surface area contributed by atoms with Gasteiger partial charge in [-0.3, -0.25) is 24.3 Å². The van der Waals surface area contributed by atoms with Crippen molar-refractivity contribution in [1.82, 2.24) is 15.3 Å².